The summed E-state index contributed by atoms with van der Waals surface area (Å²) in [5.41, 5.74) is 1.67. The van der Waals surface area contributed by atoms with E-state index in [-0.39, 0.29) is 12.2 Å². The molecule has 6 heteroatoms. The summed E-state index contributed by atoms with van der Waals surface area (Å²) in [6, 6.07) is 6.10. The number of aromatic nitrogens is 1. The predicted octanol–water partition coefficient (Wildman–Crippen LogP) is 3.60. The second kappa shape index (κ2) is 5.43. The molecule has 1 saturated heterocycles. The van der Waals surface area contributed by atoms with E-state index in [2.05, 4.69) is 4.98 Å². The molecule has 0 N–H and O–H groups in total. The summed E-state index contributed by atoms with van der Waals surface area (Å²) in [4.78, 5) is 18.0. The number of carbonyl (C=O) groups excluding carboxylic acids is 1. The Labute approximate surface area is 133 Å². The first kappa shape index (κ1) is 15.1. The van der Waals surface area contributed by atoms with Gasteiger partial charge in [-0.1, -0.05) is 23.5 Å². The summed E-state index contributed by atoms with van der Waals surface area (Å²) in [5.74, 6) is 0. The number of aryl methyl sites for hydroxylation is 1. The minimum Gasteiger partial charge on any atom is -0.463 e. The molecule has 1 aliphatic rings. The second-order valence-corrected chi connectivity index (χ2v) is 7.52. The summed E-state index contributed by atoms with van der Waals surface area (Å²) in [6.45, 7) is 8.72. The van der Waals surface area contributed by atoms with Gasteiger partial charge in [-0.05, 0) is 39.3 Å². The first-order chi connectivity index (χ1) is 10.3. The van der Waals surface area contributed by atoms with Gasteiger partial charge in [0.15, 0.2) is 0 Å². The van der Waals surface area contributed by atoms with E-state index < -0.39 is 5.60 Å². The second-order valence-electron chi connectivity index (χ2n) is 6.53. The van der Waals surface area contributed by atoms with E-state index in [1.54, 1.807) is 16.2 Å². The van der Waals surface area contributed by atoms with E-state index in [1.807, 2.05) is 45.9 Å². The molecule has 0 bridgehead atoms. The van der Waals surface area contributed by atoms with Crippen molar-refractivity contribution in [1.29, 1.82) is 0 Å². The zero-order valence-corrected chi connectivity index (χ0v) is 14.1. The van der Waals surface area contributed by atoms with Crippen LogP contribution in [-0.2, 0) is 4.74 Å². The van der Waals surface area contributed by atoms with E-state index in [1.165, 1.54) is 0 Å². The molecule has 2 aromatic rings. The van der Waals surface area contributed by atoms with Gasteiger partial charge in [-0.15, -0.1) is 0 Å². The maximum Gasteiger partial charge on any atom is 0.410 e. The SMILES string of the molecule is Cc1cccc2sc(OC3CN(C(=O)OC(C)(C)C)C3)nc12. The quantitative estimate of drug-likeness (QED) is 0.848. The van der Waals surface area contributed by atoms with Crippen molar-refractivity contribution in [2.45, 2.75) is 39.4 Å². The number of hydrogen-bond donors (Lipinski definition) is 0. The van der Waals surface area contributed by atoms with E-state index in [4.69, 9.17) is 9.47 Å². The summed E-state index contributed by atoms with van der Waals surface area (Å²) >= 11 is 1.54. The lowest BCUT2D eigenvalue weighted by Crippen LogP contribution is -2.57. The van der Waals surface area contributed by atoms with Gasteiger partial charge in [-0.3, -0.25) is 0 Å². The molecule has 22 heavy (non-hydrogen) atoms. The average Bonchev–Trinajstić information content (AvgIpc) is 2.75. The van der Waals surface area contributed by atoms with Crippen molar-refractivity contribution >= 4 is 27.6 Å². The van der Waals surface area contributed by atoms with Crippen LogP contribution in [0.2, 0.25) is 0 Å². The molecular formula is C16H20N2O3S. The zero-order valence-electron chi connectivity index (χ0n) is 13.3. The van der Waals surface area contributed by atoms with Crippen LogP contribution in [0.25, 0.3) is 10.2 Å². The first-order valence-electron chi connectivity index (χ1n) is 7.32. The van der Waals surface area contributed by atoms with Crippen LogP contribution >= 0.6 is 11.3 Å². The fourth-order valence-electron chi connectivity index (χ4n) is 2.25. The number of likely N-dealkylation sites (tertiary alicyclic amines) is 1. The Morgan fingerprint density at radius 1 is 1.36 bits per heavy atom. The van der Waals surface area contributed by atoms with Gasteiger partial charge < -0.3 is 14.4 Å². The van der Waals surface area contributed by atoms with Crippen molar-refractivity contribution in [3.63, 3.8) is 0 Å². The highest BCUT2D eigenvalue weighted by molar-refractivity contribution is 7.20. The molecule has 5 nitrogen and oxygen atoms in total. The van der Waals surface area contributed by atoms with Crippen LogP contribution in [0.3, 0.4) is 0 Å². The number of ether oxygens (including phenoxy) is 2. The lowest BCUT2D eigenvalue weighted by molar-refractivity contribution is -0.0221. The molecule has 0 saturated carbocycles. The Morgan fingerprint density at radius 3 is 2.73 bits per heavy atom. The number of amides is 1. The van der Waals surface area contributed by atoms with Crippen LogP contribution in [0, 0.1) is 6.92 Å². The van der Waals surface area contributed by atoms with Crippen LogP contribution in [0.5, 0.6) is 5.19 Å². The Kier molecular flexibility index (Phi) is 3.72. The van der Waals surface area contributed by atoms with Crippen LogP contribution < -0.4 is 4.74 Å². The number of benzene rings is 1. The molecule has 2 heterocycles. The number of hydrogen-bond acceptors (Lipinski definition) is 5. The van der Waals surface area contributed by atoms with Gasteiger partial charge in [-0.2, -0.15) is 0 Å². The number of carbonyl (C=O) groups is 1. The fraction of sp³-hybridized carbons (Fsp3) is 0.500. The summed E-state index contributed by atoms with van der Waals surface area (Å²) in [5, 5.41) is 0.665. The highest BCUT2D eigenvalue weighted by Crippen LogP contribution is 2.31. The van der Waals surface area contributed by atoms with Crippen molar-refractivity contribution in [3.8, 4) is 5.19 Å². The normalized spacial score (nSPS) is 15.7. The molecule has 0 radical (unpaired) electrons. The number of rotatable bonds is 2. The number of thiazole rings is 1. The minimum absolute atomic E-state index is 0.00612. The summed E-state index contributed by atoms with van der Waals surface area (Å²) in [7, 11) is 0. The molecule has 3 rings (SSSR count). The van der Waals surface area contributed by atoms with Crippen LogP contribution in [-0.4, -0.2) is 40.8 Å². The highest BCUT2D eigenvalue weighted by atomic mass is 32.1. The maximum atomic E-state index is 11.9. The summed E-state index contributed by atoms with van der Waals surface area (Å²) in [6.07, 6.45) is -0.291. The van der Waals surface area contributed by atoms with Crippen LogP contribution in [0.4, 0.5) is 4.79 Å². The molecule has 1 amide bonds. The highest BCUT2D eigenvalue weighted by Gasteiger charge is 2.35. The van der Waals surface area contributed by atoms with Crippen LogP contribution in [0.1, 0.15) is 26.3 Å². The molecule has 1 fully saturated rings. The van der Waals surface area contributed by atoms with Crippen LogP contribution in [0.15, 0.2) is 18.2 Å². The third-order valence-electron chi connectivity index (χ3n) is 3.37. The fourth-order valence-corrected chi connectivity index (χ4v) is 3.21. The molecule has 1 aliphatic heterocycles. The Hall–Kier alpha value is -1.82. The largest absolute Gasteiger partial charge is 0.463 e. The number of para-hydroxylation sites is 1. The molecule has 0 unspecified atom stereocenters. The molecule has 0 spiro atoms. The van der Waals surface area contributed by atoms with Crippen molar-refractivity contribution in [2.75, 3.05) is 13.1 Å². The van der Waals surface area contributed by atoms with Gasteiger partial charge in [0.25, 0.3) is 5.19 Å². The van der Waals surface area contributed by atoms with Gasteiger partial charge in [0.1, 0.15) is 11.7 Å². The lowest BCUT2D eigenvalue weighted by atomic mass is 10.2. The van der Waals surface area contributed by atoms with Crippen molar-refractivity contribution < 1.29 is 14.3 Å². The first-order valence-corrected chi connectivity index (χ1v) is 8.14. The van der Waals surface area contributed by atoms with Crippen molar-refractivity contribution in [3.05, 3.63) is 23.8 Å². The van der Waals surface area contributed by atoms with Gasteiger partial charge in [0.2, 0.25) is 0 Å². The molecular weight excluding hydrogens is 300 g/mol. The Bertz CT molecular complexity index is 699. The average molecular weight is 320 g/mol. The van der Waals surface area contributed by atoms with Crippen molar-refractivity contribution in [2.24, 2.45) is 0 Å². The van der Waals surface area contributed by atoms with Gasteiger partial charge >= 0.3 is 6.09 Å². The number of nitrogens with zero attached hydrogens (tertiary/aromatic N) is 2. The standard InChI is InChI=1S/C16H20N2O3S/c1-10-6-5-7-12-13(10)17-14(22-12)20-11-8-18(9-11)15(19)21-16(2,3)4/h5-7,11H,8-9H2,1-4H3. The smallest absolute Gasteiger partial charge is 0.410 e. The van der Waals surface area contributed by atoms with E-state index in [0.29, 0.717) is 18.3 Å². The van der Waals surface area contributed by atoms with Crippen molar-refractivity contribution in [1.82, 2.24) is 9.88 Å². The van der Waals surface area contributed by atoms with E-state index >= 15 is 0 Å². The topological polar surface area (TPSA) is 51.7 Å². The molecule has 0 atom stereocenters. The molecule has 1 aromatic heterocycles. The minimum atomic E-state index is -0.465. The zero-order chi connectivity index (χ0) is 15.9. The van der Waals surface area contributed by atoms with Gasteiger partial charge in [0, 0.05) is 0 Å². The van der Waals surface area contributed by atoms with Gasteiger partial charge in [-0.25, -0.2) is 9.78 Å². The molecule has 0 aliphatic carbocycles. The van der Waals surface area contributed by atoms with E-state index in [9.17, 15) is 4.79 Å². The predicted molar refractivity (Wildman–Crippen MR) is 86.6 cm³/mol. The van der Waals surface area contributed by atoms with Gasteiger partial charge in [0.05, 0.1) is 23.3 Å². The third-order valence-corrected chi connectivity index (χ3v) is 4.28. The monoisotopic (exact) mass is 320 g/mol. The molecule has 1 aromatic carbocycles. The van der Waals surface area contributed by atoms with E-state index in [0.717, 1.165) is 15.8 Å². The Balaban J connectivity index is 1.57. The summed E-state index contributed by atoms with van der Waals surface area (Å²) < 4.78 is 12.3. The maximum absolute atomic E-state index is 11.9. The molecule has 118 valence electrons. The Morgan fingerprint density at radius 2 is 2.09 bits per heavy atom. The number of fused-ring (bicyclic) bond motifs is 1. The third kappa shape index (κ3) is 3.16. The lowest BCUT2D eigenvalue weighted by Gasteiger charge is -2.38.